The van der Waals surface area contributed by atoms with Crippen molar-refractivity contribution in [2.24, 2.45) is 14.1 Å². The smallest absolute Gasteiger partial charge is 0.271 e. The molecule has 7 heteroatoms. The van der Waals surface area contributed by atoms with Gasteiger partial charge in [0.25, 0.3) is 5.91 Å². The van der Waals surface area contributed by atoms with Crippen molar-refractivity contribution in [2.75, 3.05) is 0 Å². The van der Waals surface area contributed by atoms with Crippen molar-refractivity contribution < 1.29 is 4.79 Å². The maximum atomic E-state index is 12.2. The molecule has 0 aliphatic carbocycles. The van der Waals surface area contributed by atoms with Gasteiger partial charge in [0.15, 0.2) is 0 Å². The fourth-order valence-corrected chi connectivity index (χ4v) is 2.58. The van der Waals surface area contributed by atoms with Gasteiger partial charge >= 0.3 is 0 Å². The summed E-state index contributed by atoms with van der Waals surface area (Å²) in [5.41, 5.74) is 2.43. The summed E-state index contributed by atoms with van der Waals surface area (Å²) in [4.78, 5) is 12.2. The normalized spacial score (nSPS) is 12.5. The molecule has 2 rings (SSSR count). The van der Waals surface area contributed by atoms with Gasteiger partial charge in [0, 0.05) is 25.9 Å². The lowest BCUT2D eigenvalue weighted by atomic mass is 10.1. The van der Waals surface area contributed by atoms with E-state index in [9.17, 15) is 4.79 Å². The Bertz CT molecular complexity index is 596. The largest absolute Gasteiger partial charge is 0.344 e. The van der Waals surface area contributed by atoms with Gasteiger partial charge in [-0.2, -0.15) is 10.2 Å². The Morgan fingerprint density at radius 2 is 2.16 bits per heavy atom. The molecule has 2 aromatic rings. The lowest BCUT2D eigenvalue weighted by Crippen LogP contribution is -2.28. The molecule has 1 N–H and O–H groups in total. The van der Waals surface area contributed by atoms with Crippen LogP contribution in [0.25, 0.3) is 0 Å². The Labute approximate surface area is 119 Å². The van der Waals surface area contributed by atoms with E-state index in [-0.39, 0.29) is 11.9 Å². The molecule has 2 heterocycles. The number of halogens is 1. The number of hydrogen-bond acceptors (Lipinski definition) is 3. The quantitative estimate of drug-likeness (QED) is 0.934. The second-order valence-corrected chi connectivity index (χ2v) is 5.36. The Morgan fingerprint density at radius 3 is 2.63 bits per heavy atom. The van der Waals surface area contributed by atoms with Crippen LogP contribution in [0, 0.1) is 6.92 Å². The summed E-state index contributed by atoms with van der Waals surface area (Å²) in [6, 6.07) is -0.108. The van der Waals surface area contributed by atoms with Gasteiger partial charge in [0.1, 0.15) is 5.69 Å². The maximum Gasteiger partial charge on any atom is 0.271 e. The number of carbonyl (C=O) groups is 1. The van der Waals surface area contributed by atoms with Gasteiger partial charge in [-0.15, -0.1) is 0 Å². The van der Waals surface area contributed by atoms with Gasteiger partial charge in [-0.1, -0.05) is 0 Å². The summed E-state index contributed by atoms with van der Waals surface area (Å²) in [6.07, 6.45) is 3.52. The van der Waals surface area contributed by atoms with E-state index < -0.39 is 0 Å². The summed E-state index contributed by atoms with van der Waals surface area (Å²) in [5.74, 6) is -0.164. The molecule has 0 radical (unpaired) electrons. The molecule has 6 nitrogen and oxygen atoms in total. The summed E-state index contributed by atoms with van der Waals surface area (Å²) in [7, 11) is 3.60. The molecule has 0 saturated carbocycles. The van der Waals surface area contributed by atoms with E-state index >= 15 is 0 Å². The first-order valence-corrected chi connectivity index (χ1v) is 6.68. The molecule has 19 heavy (non-hydrogen) atoms. The topological polar surface area (TPSA) is 64.7 Å². The van der Waals surface area contributed by atoms with E-state index in [0.717, 1.165) is 11.3 Å². The zero-order valence-corrected chi connectivity index (χ0v) is 12.9. The minimum absolute atomic E-state index is 0.108. The van der Waals surface area contributed by atoms with E-state index in [1.54, 1.807) is 22.6 Å². The molecule has 0 unspecified atom stereocenters. The molecule has 2 aromatic heterocycles. The predicted molar refractivity (Wildman–Crippen MR) is 74.7 cm³/mol. The number of amides is 1. The minimum atomic E-state index is -0.164. The first-order valence-electron chi connectivity index (χ1n) is 5.88. The molecule has 0 spiro atoms. The number of rotatable bonds is 3. The number of aryl methyl sites for hydroxylation is 3. The van der Waals surface area contributed by atoms with Crippen LogP contribution in [0.15, 0.2) is 16.9 Å². The first-order chi connectivity index (χ1) is 8.90. The van der Waals surface area contributed by atoms with Crippen LogP contribution in [-0.2, 0) is 14.1 Å². The molecule has 1 amide bonds. The summed E-state index contributed by atoms with van der Waals surface area (Å²) >= 11 is 3.32. The van der Waals surface area contributed by atoms with Crippen LogP contribution in [0.5, 0.6) is 0 Å². The highest BCUT2D eigenvalue weighted by Crippen LogP contribution is 2.19. The second-order valence-electron chi connectivity index (χ2n) is 4.50. The van der Waals surface area contributed by atoms with E-state index in [1.165, 1.54) is 0 Å². The predicted octanol–water partition coefficient (Wildman–Crippen LogP) is 1.72. The van der Waals surface area contributed by atoms with Crippen LogP contribution in [0.3, 0.4) is 0 Å². The zero-order valence-electron chi connectivity index (χ0n) is 11.3. The first kappa shape index (κ1) is 13.8. The van der Waals surface area contributed by atoms with Crippen LogP contribution < -0.4 is 5.32 Å². The summed E-state index contributed by atoms with van der Waals surface area (Å²) < 4.78 is 3.97. The molecular weight excluding hydrogens is 310 g/mol. The molecule has 102 valence electrons. The fraction of sp³-hybridized carbons (Fsp3) is 0.417. The fourth-order valence-electron chi connectivity index (χ4n) is 2.05. The molecule has 0 aliphatic heterocycles. The van der Waals surface area contributed by atoms with Crippen LogP contribution in [-0.4, -0.2) is 25.5 Å². The molecule has 0 aromatic carbocycles. The average molecular weight is 326 g/mol. The van der Waals surface area contributed by atoms with Crippen LogP contribution in [0.2, 0.25) is 0 Å². The van der Waals surface area contributed by atoms with E-state index in [1.807, 2.05) is 27.1 Å². The van der Waals surface area contributed by atoms with E-state index in [0.29, 0.717) is 10.2 Å². The Hall–Kier alpha value is -1.63. The van der Waals surface area contributed by atoms with Crippen molar-refractivity contribution in [3.63, 3.8) is 0 Å². The second kappa shape index (κ2) is 5.16. The lowest BCUT2D eigenvalue weighted by molar-refractivity contribution is 0.0929. The summed E-state index contributed by atoms with van der Waals surface area (Å²) in [6.45, 7) is 3.87. The number of hydrogen-bond donors (Lipinski definition) is 1. The third kappa shape index (κ3) is 2.70. The van der Waals surface area contributed by atoms with Gasteiger partial charge in [-0.25, -0.2) is 0 Å². The van der Waals surface area contributed by atoms with E-state index in [4.69, 9.17) is 0 Å². The van der Waals surface area contributed by atoms with Gasteiger partial charge in [0.05, 0.1) is 22.4 Å². The zero-order chi connectivity index (χ0) is 14.2. The average Bonchev–Trinajstić information content (AvgIpc) is 2.81. The highest BCUT2D eigenvalue weighted by atomic mass is 79.9. The number of carbonyl (C=O) groups excluding carboxylic acids is 1. The van der Waals surface area contributed by atoms with Crippen molar-refractivity contribution in [1.82, 2.24) is 24.9 Å². The third-order valence-corrected chi connectivity index (χ3v) is 3.56. The number of nitrogens with one attached hydrogen (secondary N) is 1. The Morgan fingerprint density at radius 1 is 1.47 bits per heavy atom. The highest BCUT2D eigenvalue weighted by Gasteiger charge is 2.19. The lowest BCUT2D eigenvalue weighted by Gasteiger charge is -2.13. The van der Waals surface area contributed by atoms with Crippen molar-refractivity contribution in [3.8, 4) is 0 Å². The van der Waals surface area contributed by atoms with Gasteiger partial charge in [-0.05, 0) is 29.8 Å². The molecule has 1 atom stereocenters. The van der Waals surface area contributed by atoms with Gasteiger partial charge in [-0.3, -0.25) is 14.2 Å². The summed E-state index contributed by atoms with van der Waals surface area (Å²) in [5, 5.41) is 11.3. The van der Waals surface area contributed by atoms with Crippen molar-refractivity contribution in [1.29, 1.82) is 0 Å². The van der Waals surface area contributed by atoms with Crippen LogP contribution >= 0.6 is 15.9 Å². The Kier molecular flexibility index (Phi) is 3.75. The highest BCUT2D eigenvalue weighted by molar-refractivity contribution is 9.10. The molecule has 0 saturated heterocycles. The number of nitrogens with zero attached hydrogens (tertiary/aromatic N) is 4. The monoisotopic (exact) mass is 325 g/mol. The van der Waals surface area contributed by atoms with Crippen molar-refractivity contribution >= 4 is 21.8 Å². The molecule has 0 bridgehead atoms. The standard InChI is InChI=1S/C12H16BrN5O/c1-7(9-6-17(3)16-8(9)2)15-12(19)11-10(13)5-14-18(11)4/h5-7H,1-4H3,(H,15,19)/t7-/m0/s1. The SMILES string of the molecule is Cc1nn(C)cc1[C@H](C)NC(=O)c1c(Br)cnn1C. The Balaban J connectivity index is 2.18. The van der Waals surface area contributed by atoms with Gasteiger partial charge in [0.2, 0.25) is 0 Å². The van der Waals surface area contributed by atoms with Crippen LogP contribution in [0.4, 0.5) is 0 Å². The minimum Gasteiger partial charge on any atom is -0.344 e. The maximum absolute atomic E-state index is 12.2. The molecule has 0 fully saturated rings. The third-order valence-electron chi connectivity index (χ3n) is 2.97. The molecule has 0 aliphatic rings. The number of aromatic nitrogens is 4. The van der Waals surface area contributed by atoms with Crippen molar-refractivity contribution in [3.05, 3.63) is 33.8 Å². The van der Waals surface area contributed by atoms with E-state index in [2.05, 4.69) is 31.4 Å². The molecular formula is C12H16BrN5O. The van der Waals surface area contributed by atoms with Crippen molar-refractivity contribution in [2.45, 2.75) is 19.9 Å². The van der Waals surface area contributed by atoms with Gasteiger partial charge < -0.3 is 5.32 Å². The van der Waals surface area contributed by atoms with Crippen LogP contribution in [0.1, 0.15) is 34.7 Å².